The van der Waals surface area contributed by atoms with Gasteiger partial charge in [-0.05, 0) is 50.5 Å². The van der Waals surface area contributed by atoms with Crippen LogP contribution >= 0.6 is 0 Å². The Balaban J connectivity index is 0.00000324. The van der Waals surface area contributed by atoms with Crippen LogP contribution in [0.25, 0.3) is 0 Å². The number of unbranched alkanes of at least 4 members (excludes halogenated alkanes) is 1. The molecule has 0 fully saturated rings. The third-order valence-electron chi connectivity index (χ3n) is 2.62. The molecular weight excluding hydrogens is 240 g/mol. The lowest BCUT2D eigenvalue weighted by Gasteiger charge is -2.08. The molecule has 0 atom stereocenters. The van der Waals surface area contributed by atoms with Crippen molar-refractivity contribution in [3.05, 3.63) is 42.2 Å². The monoisotopic (exact) mass is 264 g/mol. The normalized spacial score (nSPS) is 9.37. The van der Waals surface area contributed by atoms with Crippen LogP contribution < -0.4 is 4.74 Å². The van der Waals surface area contributed by atoms with E-state index in [4.69, 9.17) is 9.47 Å². The summed E-state index contributed by atoms with van der Waals surface area (Å²) in [7, 11) is 0. The standard InChI is InChI=1S/C15H20O3.CH4/c1-4-17-9-5-6-10-18-14-7-8-15(13(3)16)12(2)11-14;/h4,7-8,11H,1,5-6,9-10H2,2-3H3;1H4. The maximum absolute atomic E-state index is 11.3. The molecule has 1 aromatic carbocycles. The van der Waals surface area contributed by atoms with Gasteiger partial charge >= 0.3 is 0 Å². The first-order chi connectivity index (χ1) is 8.65. The van der Waals surface area contributed by atoms with Crippen molar-refractivity contribution in [3.63, 3.8) is 0 Å². The molecule has 0 saturated carbocycles. The fourth-order valence-corrected chi connectivity index (χ4v) is 1.68. The molecule has 0 aromatic heterocycles. The number of aryl methyl sites for hydroxylation is 1. The molecule has 0 saturated heterocycles. The lowest BCUT2D eigenvalue weighted by Crippen LogP contribution is -2.01. The molecule has 106 valence electrons. The summed E-state index contributed by atoms with van der Waals surface area (Å²) in [5, 5.41) is 0. The molecule has 3 heteroatoms. The van der Waals surface area contributed by atoms with Crippen molar-refractivity contribution in [3.8, 4) is 5.75 Å². The van der Waals surface area contributed by atoms with Crippen LogP contribution in [-0.2, 0) is 4.74 Å². The van der Waals surface area contributed by atoms with Crippen molar-refractivity contribution in [1.82, 2.24) is 0 Å². The van der Waals surface area contributed by atoms with Gasteiger partial charge in [-0.25, -0.2) is 0 Å². The molecule has 3 nitrogen and oxygen atoms in total. The van der Waals surface area contributed by atoms with Gasteiger partial charge in [0.1, 0.15) is 5.75 Å². The van der Waals surface area contributed by atoms with Crippen LogP contribution in [0.15, 0.2) is 31.0 Å². The number of ether oxygens (including phenoxy) is 2. The van der Waals surface area contributed by atoms with Gasteiger partial charge in [-0.15, -0.1) is 0 Å². The second-order valence-corrected chi connectivity index (χ2v) is 4.13. The van der Waals surface area contributed by atoms with Crippen molar-refractivity contribution in [2.75, 3.05) is 13.2 Å². The van der Waals surface area contributed by atoms with Gasteiger partial charge in [-0.1, -0.05) is 14.0 Å². The molecule has 1 rings (SSSR count). The Labute approximate surface area is 116 Å². The maximum atomic E-state index is 11.3. The summed E-state index contributed by atoms with van der Waals surface area (Å²) >= 11 is 0. The van der Waals surface area contributed by atoms with E-state index in [1.54, 1.807) is 6.92 Å². The van der Waals surface area contributed by atoms with Gasteiger partial charge in [-0.2, -0.15) is 0 Å². The minimum atomic E-state index is 0. The summed E-state index contributed by atoms with van der Waals surface area (Å²) in [6.07, 6.45) is 3.32. The number of carbonyl (C=O) groups is 1. The summed E-state index contributed by atoms with van der Waals surface area (Å²) in [4.78, 5) is 11.3. The summed E-state index contributed by atoms with van der Waals surface area (Å²) in [6.45, 7) is 8.30. The van der Waals surface area contributed by atoms with Gasteiger partial charge < -0.3 is 9.47 Å². The highest BCUT2D eigenvalue weighted by molar-refractivity contribution is 5.95. The van der Waals surface area contributed by atoms with Gasteiger partial charge in [0.05, 0.1) is 19.5 Å². The fourth-order valence-electron chi connectivity index (χ4n) is 1.68. The number of rotatable bonds is 8. The number of hydrogen-bond acceptors (Lipinski definition) is 3. The lowest BCUT2D eigenvalue weighted by molar-refractivity contribution is 0.101. The first kappa shape index (κ1) is 17.2. The molecule has 1 aromatic rings. The molecule has 0 unspecified atom stereocenters. The van der Waals surface area contributed by atoms with Gasteiger partial charge in [-0.3, -0.25) is 4.79 Å². The highest BCUT2D eigenvalue weighted by atomic mass is 16.5. The number of benzene rings is 1. The summed E-state index contributed by atoms with van der Waals surface area (Å²) in [5.74, 6) is 0.891. The van der Waals surface area contributed by atoms with Crippen LogP contribution in [0.3, 0.4) is 0 Å². The quantitative estimate of drug-likeness (QED) is 0.402. The Morgan fingerprint density at radius 1 is 1.32 bits per heavy atom. The van der Waals surface area contributed by atoms with E-state index in [9.17, 15) is 4.79 Å². The number of hydrogen-bond donors (Lipinski definition) is 0. The van der Waals surface area contributed by atoms with Crippen LogP contribution in [0.2, 0.25) is 0 Å². The molecule has 0 aliphatic carbocycles. The number of Topliss-reactive ketones (excluding diaryl/α,β-unsaturated/α-hetero) is 1. The van der Waals surface area contributed by atoms with Gasteiger partial charge in [0.15, 0.2) is 5.78 Å². The van der Waals surface area contributed by atoms with Crippen LogP contribution in [0.4, 0.5) is 0 Å². The highest BCUT2D eigenvalue weighted by Gasteiger charge is 2.04. The number of ketones is 1. The second kappa shape index (κ2) is 9.20. The van der Waals surface area contributed by atoms with Gasteiger partial charge in [0.25, 0.3) is 0 Å². The van der Waals surface area contributed by atoms with Gasteiger partial charge in [0.2, 0.25) is 0 Å². The number of carbonyl (C=O) groups excluding carboxylic acids is 1. The first-order valence-electron chi connectivity index (χ1n) is 6.12. The summed E-state index contributed by atoms with van der Waals surface area (Å²) < 4.78 is 10.6. The third-order valence-corrected chi connectivity index (χ3v) is 2.62. The zero-order chi connectivity index (χ0) is 13.4. The predicted molar refractivity (Wildman–Crippen MR) is 78.8 cm³/mol. The molecule has 0 heterocycles. The van der Waals surface area contributed by atoms with Crippen molar-refractivity contribution in [2.24, 2.45) is 0 Å². The Kier molecular flexibility index (Phi) is 8.34. The molecule has 19 heavy (non-hydrogen) atoms. The highest BCUT2D eigenvalue weighted by Crippen LogP contribution is 2.18. The predicted octanol–water partition coefficient (Wildman–Crippen LogP) is 4.15. The molecule has 0 amide bonds. The zero-order valence-electron chi connectivity index (χ0n) is 11.1. The van der Waals surface area contributed by atoms with Crippen LogP contribution in [0.1, 0.15) is 43.1 Å². The average Bonchev–Trinajstić information content (AvgIpc) is 2.33. The molecule has 0 aliphatic rings. The SMILES string of the molecule is C.C=COCCCCOc1ccc(C(C)=O)c(C)c1. The molecule has 0 radical (unpaired) electrons. The largest absolute Gasteiger partial charge is 0.502 e. The minimum Gasteiger partial charge on any atom is -0.502 e. The molecule has 0 spiro atoms. The van der Waals surface area contributed by atoms with E-state index in [0.717, 1.165) is 29.7 Å². The van der Waals surface area contributed by atoms with E-state index in [0.29, 0.717) is 13.2 Å². The van der Waals surface area contributed by atoms with Crippen LogP contribution in [0.5, 0.6) is 5.75 Å². The first-order valence-corrected chi connectivity index (χ1v) is 6.12. The van der Waals surface area contributed by atoms with E-state index in [2.05, 4.69) is 6.58 Å². The Bertz CT molecular complexity index is 410. The Hall–Kier alpha value is -1.77. The van der Waals surface area contributed by atoms with Crippen molar-refractivity contribution < 1.29 is 14.3 Å². The van der Waals surface area contributed by atoms with Crippen molar-refractivity contribution in [2.45, 2.75) is 34.1 Å². The molecule has 0 bridgehead atoms. The summed E-state index contributed by atoms with van der Waals surface area (Å²) in [5.41, 5.74) is 1.71. The van der Waals surface area contributed by atoms with E-state index in [1.807, 2.05) is 25.1 Å². The Morgan fingerprint density at radius 2 is 2.00 bits per heavy atom. The zero-order valence-corrected chi connectivity index (χ0v) is 11.1. The molecule has 0 aliphatic heterocycles. The maximum Gasteiger partial charge on any atom is 0.160 e. The van der Waals surface area contributed by atoms with E-state index in [1.165, 1.54) is 6.26 Å². The minimum absolute atomic E-state index is 0. The fraction of sp³-hybridized carbons (Fsp3) is 0.438. The molecule has 0 N–H and O–H groups in total. The van der Waals surface area contributed by atoms with Crippen LogP contribution in [-0.4, -0.2) is 19.0 Å². The van der Waals surface area contributed by atoms with E-state index >= 15 is 0 Å². The summed E-state index contributed by atoms with van der Waals surface area (Å²) in [6, 6.07) is 5.55. The van der Waals surface area contributed by atoms with Crippen molar-refractivity contribution >= 4 is 5.78 Å². The van der Waals surface area contributed by atoms with E-state index in [-0.39, 0.29) is 13.2 Å². The third kappa shape index (κ3) is 6.09. The smallest absolute Gasteiger partial charge is 0.160 e. The Morgan fingerprint density at radius 3 is 2.58 bits per heavy atom. The van der Waals surface area contributed by atoms with Crippen molar-refractivity contribution in [1.29, 1.82) is 0 Å². The lowest BCUT2D eigenvalue weighted by atomic mass is 10.1. The van der Waals surface area contributed by atoms with E-state index < -0.39 is 0 Å². The topological polar surface area (TPSA) is 35.5 Å². The second-order valence-electron chi connectivity index (χ2n) is 4.13. The average molecular weight is 264 g/mol. The molecular formula is C16H24O3. The van der Waals surface area contributed by atoms with Gasteiger partial charge in [0, 0.05) is 5.56 Å². The van der Waals surface area contributed by atoms with Crippen LogP contribution in [0, 0.1) is 6.92 Å².